The number of H-pyrrole nitrogens is 1. The molecule has 0 bridgehead atoms. The van der Waals surface area contributed by atoms with Crippen molar-refractivity contribution in [2.24, 2.45) is 13.0 Å². The Hall–Kier alpha value is -6.20. The molecule has 8 rings (SSSR count). The summed E-state index contributed by atoms with van der Waals surface area (Å²) in [6, 6.07) is 7.51. The number of aromatic nitrogens is 8. The number of carbonyl (C=O) groups is 2. The summed E-state index contributed by atoms with van der Waals surface area (Å²) >= 11 is 6.55. The highest BCUT2D eigenvalue weighted by atomic mass is 35.5. The van der Waals surface area contributed by atoms with E-state index in [4.69, 9.17) is 30.8 Å². The largest absolute Gasteiger partial charge is 0.477 e. The first-order chi connectivity index (χ1) is 30.1. The number of nitrogens with one attached hydrogen (secondary N) is 2. The molecular weight excluding hydrogens is 826 g/mol. The summed E-state index contributed by atoms with van der Waals surface area (Å²) < 4.78 is 23.4. The molecule has 63 heavy (non-hydrogen) atoms. The van der Waals surface area contributed by atoms with E-state index < -0.39 is 5.60 Å². The van der Waals surface area contributed by atoms with Gasteiger partial charge in [-0.2, -0.15) is 15.1 Å². The molecule has 0 unspecified atom stereocenters. The van der Waals surface area contributed by atoms with Gasteiger partial charge in [-0.25, -0.2) is 9.78 Å². The first-order valence-corrected chi connectivity index (χ1v) is 21.6. The second kappa shape index (κ2) is 17.5. The fourth-order valence-electron chi connectivity index (χ4n) is 8.52. The zero-order chi connectivity index (χ0) is 44.7. The van der Waals surface area contributed by atoms with Crippen LogP contribution < -0.4 is 15.6 Å². The van der Waals surface area contributed by atoms with E-state index in [0.29, 0.717) is 83.8 Å². The Balaban J connectivity index is 1.03. The SMILES string of the molecule is C=C(Cn1c(C2CCN(C(=O)OC(C)(C)C)CC2)cc2c(-c3ccc(=O)n(C(C)C)c3)ccnc21)C(=O)N1C[C@H](COc2nc(Nc3cnn(C)c3)nc3[nH]cc(Cl)c23)[C@@H](OC)C1. The van der Waals surface area contributed by atoms with Crippen molar-refractivity contribution in [3.8, 4) is 17.0 Å². The number of hydrogen-bond donors (Lipinski definition) is 2. The molecule has 332 valence electrons. The van der Waals surface area contributed by atoms with Crippen LogP contribution in [0.15, 0.2) is 72.2 Å². The van der Waals surface area contributed by atoms with E-state index in [1.807, 2.05) is 60.0 Å². The van der Waals surface area contributed by atoms with Crippen molar-refractivity contribution >= 4 is 57.3 Å². The van der Waals surface area contributed by atoms with Crippen LogP contribution in [0, 0.1) is 5.92 Å². The molecule has 2 fully saturated rings. The van der Waals surface area contributed by atoms with E-state index >= 15 is 0 Å². The average Bonchev–Trinajstić information content (AvgIpc) is 4.04. The highest BCUT2D eigenvalue weighted by Crippen LogP contribution is 2.38. The number of pyridine rings is 2. The molecule has 0 aliphatic carbocycles. The number of aryl methyl sites for hydroxylation is 1. The molecule has 8 heterocycles. The lowest BCUT2D eigenvalue weighted by Crippen LogP contribution is -2.41. The molecule has 2 N–H and O–H groups in total. The van der Waals surface area contributed by atoms with Gasteiger partial charge in [0.25, 0.3) is 11.5 Å². The Bertz CT molecular complexity index is 2740. The maximum Gasteiger partial charge on any atom is 0.410 e. The Morgan fingerprint density at radius 2 is 1.86 bits per heavy atom. The van der Waals surface area contributed by atoms with Gasteiger partial charge in [0.2, 0.25) is 11.8 Å². The van der Waals surface area contributed by atoms with Gasteiger partial charge in [-0.3, -0.25) is 14.3 Å². The van der Waals surface area contributed by atoms with Gasteiger partial charge in [-0.15, -0.1) is 0 Å². The predicted octanol–water partition coefficient (Wildman–Crippen LogP) is 7.07. The highest BCUT2D eigenvalue weighted by molar-refractivity contribution is 6.35. The van der Waals surface area contributed by atoms with Crippen LogP contribution in [0.2, 0.25) is 5.02 Å². The maximum atomic E-state index is 14.4. The third-order valence-electron chi connectivity index (χ3n) is 11.7. The van der Waals surface area contributed by atoms with Crippen LogP contribution in [-0.4, -0.2) is 112 Å². The van der Waals surface area contributed by atoms with Crippen molar-refractivity contribution in [2.45, 2.75) is 77.7 Å². The minimum atomic E-state index is -0.595. The van der Waals surface area contributed by atoms with Crippen molar-refractivity contribution in [3.63, 3.8) is 0 Å². The van der Waals surface area contributed by atoms with Gasteiger partial charge in [0.15, 0.2) is 0 Å². The van der Waals surface area contributed by atoms with Crippen LogP contribution in [-0.2, 0) is 27.9 Å². The van der Waals surface area contributed by atoms with Crippen LogP contribution in [0.25, 0.3) is 33.2 Å². The minimum absolute atomic E-state index is 0.0251. The number of piperidine rings is 1. The average molecular weight is 880 g/mol. The fraction of sp³-hybridized carbons (Fsp3) is 0.444. The third-order valence-corrected chi connectivity index (χ3v) is 12.0. The topological polar surface area (TPSA) is 180 Å². The number of fused-ring (bicyclic) bond motifs is 2. The lowest BCUT2D eigenvalue weighted by Gasteiger charge is -2.34. The summed E-state index contributed by atoms with van der Waals surface area (Å²) in [4.78, 5) is 60.8. The molecule has 6 aromatic rings. The fourth-order valence-corrected chi connectivity index (χ4v) is 8.74. The number of likely N-dealkylation sites (tertiary alicyclic amines) is 2. The molecule has 2 saturated heterocycles. The lowest BCUT2D eigenvalue weighted by atomic mass is 9.93. The molecule has 18 heteroatoms. The molecule has 17 nitrogen and oxygen atoms in total. The van der Waals surface area contributed by atoms with Crippen molar-refractivity contribution in [1.29, 1.82) is 0 Å². The number of halogens is 1. The van der Waals surface area contributed by atoms with Gasteiger partial charge in [0.1, 0.15) is 16.9 Å². The molecule has 6 aromatic heterocycles. The third kappa shape index (κ3) is 9.16. The van der Waals surface area contributed by atoms with E-state index in [1.54, 1.807) is 57.0 Å². The summed E-state index contributed by atoms with van der Waals surface area (Å²) in [5.74, 6) is 0.263. The molecule has 2 aliphatic rings. The number of rotatable bonds is 12. The first-order valence-electron chi connectivity index (χ1n) is 21.2. The maximum absolute atomic E-state index is 14.4. The van der Waals surface area contributed by atoms with Gasteiger partial charge in [0.05, 0.1) is 41.5 Å². The Labute approximate surface area is 370 Å². The van der Waals surface area contributed by atoms with Crippen LogP contribution >= 0.6 is 11.6 Å². The molecule has 0 radical (unpaired) electrons. The molecule has 0 aromatic carbocycles. The van der Waals surface area contributed by atoms with Gasteiger partial charge in [-0.05, 0) is 76.8 Å². The smallest absolute Gasteiger partial charge is 0.410 e. The number of aromatic amines is 1. The van der Waals surface area contributed by atoms with E-state index in [2.05, 4.69) is 42.6 Å². The second-order valence-electron chi connectivity index (χ2n) is 17.6. The van der Waals surface area contributed by atoms with Crippen LogP contribution in [0.5, 0.6) is 5.88 Å². The normalized spacial score (nSPS) is 17.3. The van der Waals surface area contributed by atoms with Crippen LogP contribution in [0.3, 0.4) is 0 Å². The number of carbonyl (C=O) groups excluding carboxylic acids is 2. The van der Waals surface area contributed by atoms with E-state index in [-0.39, 0.29) is 54.7 Å². The Kier molecular flexibility index (Phi) is 12.1. The van der Waals surface area contributed by atoms with Crippen molar-refractivity contribution in [3.05, 3.63) is 88.5 Å². The van der Waals surface area contributed by atoms with Crippen LogP contribution in [0.1, 0.15) is 65.1 Å². The number of ether oxygens (including phenoxy) is 3. The Morgan fingerprint density at radius 1 is 1.08 bits per heavy atom. The van der Waals surface area contributed by atoms with E-state index in [9.17, 15) is 14.4 Å². The molecule has 0 saturated carbocycles. The monoisotopic (exact) mass is 879 g/mol. The predicted molar refractivity (Wildman–Crippen MR) is 240 cm³/mol. The number of amides is 2. The summed E-state index contributed by atoms with van der Waals surface area (Å²) in [5.41, 5.74) is 4.44. The molecule has 0 spiro atoms. The summed E-state index contributed by atoms with van der Waals surface area (Å²) in [6.07, 6.45) is 9.50. The van der Waals surface area contributed by atoms with Crippen LogP contribution in [0.4, 0.5) is 16.4 Å². The number of hydrogen-bond acceptors (Lipinski definition) is 11. The number of anilines is 2. The van der Waals surface area contributed by atoms with Crippen molar-refractivity contribution < 1.29 is 23.8 Å². The molecule has 2 atom stereocenters. The quantitative estimate of drug-likeness (QED) is 0.120. The van der Waals surface area contributed by atoms with E-state index in [1.165, 1.54) is 0 Å². The standard InChI is InChI=1S/C45H54ClN11O6/c1-26(2)56-22-29(9-10-37(56)58)32-11-14-47-40-33(32)17-35(28-12-15-54(16-13-28)44(60)63-45(4,5)6)57(40)20-27(3)42(59)55-21-30(36(24-55)61-8)25-62-41-38-34(46)19-48-39(38)51-43(52-41)50-31-18-49-53(7)23-31/h9-11,14,17-19,22-23,26,28,30,36H,3,12-13,15-16,20-21,24-25H2,1-2,4-8H3,(H2,48,50,51,52)/t30-,36+/m1/s1. The number of methoxy groups -OCH3 is 1. The van der Waals surface area contributed by atoms with Crippen molar-refractivity contribution in [1.82, 2.24) is 48.7 Å². The Morgan fingerprint density at radius 3 is 2.56 bits per heavy atom. The number of nitrogens with zero attached hydrogens (tertiary/aromatic N) is 9. The van der Waals surface area contributed by atoms with Gasteiger partial charge in [0, 0.05) is 106 Å². The lowest BCUT2D eigenvalue weighted by molar-refractivity contribution is -0.126. The molecule has 2 aliphatic heterocycles. The highest BCUT2D eigenvalue weighted by Gasteiger charge is 2.38. The zero-order valence-corrected chi connectivity index (χ0v) is 37.5. The summed E-state index contributed by atoms with van der Waals surface area (Å²) in [7, 11) is 3.45. The summed E-state index contributed by atoms with van der Waals surface area (Å²) in [6.45, 7) is 16.0. The van der Waals surface area contributed by atoms with Crippen molar-refractivity contribution in [2.75, 3.05) is 45.2 Å². The van der Waals surface area contributed by atoms with Gasteiger partial charge < -0.3 is 43.4 Å². The second-order valence-corrected chi connectivity index (χ2v) is 18.1. The molecule has 2 amide bonds. The van der Waals surface area contributed by atoms with E-state index in [0.717, 1.165) is 22.2 Å². The van der Waals surface area contributed by atoms with Gasteiger partial charge in [-0.1, -0.05) is 18.2 Å². The summed E-state index contributed by atoms with van der Waals surface area (Å²) in [5, 5.41) is 9.22. The molecular formula is C45H54ClN11O6. The van der Waals surface area contributed by atoms with Gasteiger partial charge >= 0.3 is 6.09 Å². The zero-order valence-electron chi connectivity index (χ0n) is 36.7. The minimum Gasteiger partial charge on any atom is -0.477 e. The first kappa shape index (κ1) is 43.4.